The SMILES string of the molecule is CCCS(=O)(=O)CCNCC(O)C(F)(F)F. The Kier molecular flexibility index (Phi) is 6.27. The normalized spacial score (nSPS) is 15.1. The first kappa shape index (κ1) is 15.7. The fraction of sp³-hybridized carbons (Fsp3) is 1.00. The molecule has 0 aliphatic carbocycles. The minimum absolute atomic E-state index is 0.0243. The van der Waals surface area contributed by atoms with Gasteiger partial charge in [-0.1, -0.05) is 6.92 Å². The lowest BCUT2D eigenvalue weighted by Gasteiger charge is -2.14. The van der Waals surface area contributed by atoms with Crippen LogP contribution in [0.15, 0.2) is 0 Å². The van der Waals surface area contributed by atoms with Crippen molar-refractivity contribution >= 4 is 9.84 Å². The van der Waals surface area contributed by atoms with Gasteiger partial charge >= 0.3 is 6.18 Å². The molecular weight excluding hydrogens is 247 g/mol. The van der Waals surface area contributed by atoms with Crippen LogP contribution in [0.3, 0.4) is 0 Å². The molecule has 0 rings (SSSR count). The van der Waals surface area contributed by atoms with Crippen LogP contribution in [0.5, 0.6) is 0 Å². The maximum atomic E-state index is 11.8. The van der Waals surface area contributed by atoms with E-state index in [1.807, 2.05) is 0 Å². The van der Waals surface area contributed by atoms with Gasteiger partial charge in [0.05, 0.1) is 5.75 Å². The Balaban J connectivity index is 3.77. The number of alkyl halides is 3. The van der Waals surface area contributed by atoms with Gasteiger partial charge < -0.3 is 10.4 Å². The van der Waals surface area contributed by atoms with Crippen molar-refractivity contribution in [2.24, 2.45) is 0 Å². The second-order valence-electron chi connectivity index (χ2n) is 3.41. The van der Waals surface area contributed by atoms with Gasteiger partial charge in [0.2, 0.25) is 0 Å². The predicted octanol–water partition coefficient (Wildman–Crippen LogP) is 0.324. The van der Waals surface area contributed by atoms with Gasteiger partial charge in [-0.15, -0.1) is 0 Å². The highest BCUT2D eigenvalue weighted by Gasteiger charge is 2.37. The highest BCUT2D eigenvalue weighted by molar-refractivity contribution is 7.91. The number of hydrogen-bond donors (Lipinski definition) is 2. The van der Waals surface area contributed by atoms with E-state index < -0.39 is 28.7 Å². The molecule has 1 unspecified atom stereocenters. The summed E-state index contributed by atoms with van der Waals surface area (Å²) in [5.74, 6) is -0.193. The molecule has 0 saturated carbocycles. The first-order valence-corrected chi connectivity index (χ1v) is 6.67. The fourth-order valence-corrected chi connectivity index (χ4v) is 2.28. The van der Waals surface area contributed by atoms with Crippen LogP contribution in [-0.4, -0.2) is 50.4 Å². The quantitative estimate of drug-likeness (QED) is 0.649. The first-order valence-electron chi connectivity index (χ1n) is 4.85. The van der Waals surface area contributed by atoms with Gasteiger partial charge in [0.15, 0.2) is 15.9 Å². The van der Waals surface area contributed by atoms with Crippen LogP contribution < -0.4 is 5.32 Å². The molecule has 0 aromatic carbocycles. The lowest BCUT2D eigenvalue weighted by molar-refractivity contribution is -0.201. The zero-order valence-electron chi connectivity index (χ0n) is 8.92. The number of hydrogen-bond acceptors (Lipinski definition) is 4. The minimum Gasteiger partial charge on any atom is -0.382 e. The number of aliphatic hydroxyl groups is 1. The number of sulfone groups is 1. The van der Waals surface area contributed by atoms with Crippen LogP contribution >= 0.6 is 0 Å². The lowest BCUT2D eigenvalue weighted by Crippen LogP contribution is -2.39. The second-order valence-corrected chi connectivity index (χ2v) is 5.72. The maximum absolute atomic E-state index is 11.8. The molecular formula is C8H16F3NO3S. The van der Waals surface area contributed by atoms with Crippen molar-refractivity contribution in [1.29, 1.82) is 0 Å². The van der Waals surface area contributed by atoms with Gasteiger partial charge in [-0.2, -0.15) is 13.2 Å². The zero-order chi connectivity index (χ0) is 12.8. The highest BCUT2D eigenvalue weighted by Crippen LogP contribution is 2.18. The Morgan fingerprint density at radius 1 is 1.31 bits per heavy atom. The molecule has 1 atom stereocenters. The molecule has 0 fully saturated rings. The molecule has 98 valence electrons. The van der Waals surface area contributed by atoms with E-state index in [4.69, 9.17) is 5.11 Å². The molecule has 8 heteroatoms. The van der Waals surface area contributed by atoms with Gasteiger partial charge in [0.25, 0.3) is 0 Å². The Labute approximate surface area is 92.8 Å². The third kappa shape index (κ3) is 7.02. The van der Waals surface area contributed by atoms with Crippen LogP contribution in [0.1, 0.15) is 13.3 Å². The van der Waals surface area contributed by atoms with E-state index >= 15 is 0 Å². The molecule has 0 amide bonds. The third-order valence-corrected chi connectivity index (χ3v) is 3.68. The monoisotopic (exact) mass is 263 g/mol. The van der Waals surface area contributed by atoms with E-state index in [1.165, 1.54) is 0 Å². The Morgan fingerprint density at radius 2 is 1.88 bits per heavy atom. The first-order chi connectivity index (χ1) is 7.19. The fourth-order valence-electron chi connectivity index (χ4n) is 0.995. The number of aliphatic hydroxyl groups excluding tert-OH is 1. The smallest absolute Gasteiger partial charge is 0.382 e. The summed E-state index contributed by atoms with van der Waals surface area (Å²) in [7, 11) is -3.19. The summed E-state index contributed by atoms with van der Waals surface area (Å²) in [6.45, 7) is 0.930. The molecule has 0 aromatic heterocycles. The van der Waals surface area contributed by atoms with Gasteiger partial charge in [-0.05, 0) is 6.42 Å². The van der Waals surface area contributed by atoms with Gasteiger partial charge in [-0.3, -0.25) is 0 Å². The Morgan fingerprint density at radius 3 is 2.31 bits per heavy atom. The van der Waals surface area contributed by atoms with Gasteiger partial charge in [0, 0.05) is 18.8 Å². The van der Waals surface area contributed by atoms with Crippen LogP contribution in [0.2, 0.25) is 0 Å². The lowest BCUT2D eigenvalue weighted by atomic mass is 10.3. The molecule has 2 N–H and O–H groups in total. The number of halogens is 3. The highest BCUT2D eigenvalue weighted by atomic mass is 32.2. The molecule has 0 spiro atoms. The number of nitrogens with one attached hydrogen (secondary N) is 1. The predicted molar refractivity (Wildman–Crippen MR) is 53.9 cm³/mol. The molecule has 16 heavy (non-hydrogen) atoms. The van der Waals surface area contributed by atoms with Crippen LogP contribution in [0.4, 0.5) is 13.2 Å². The average molecular weight is 263 g/mol. The van der Waals surface area contributed by atoms with E-state index in [-0.39, 0.29) is 18.1 Å². The van der Waals surface area contributed by atoms with Gasteiger partial charge in [-0.25, -0.2) is 8.42 Å². The van der Waals surface area contributed by atoms with E-state index in [1.54, 1.807) is 6.92 Å². The second kappa shape index (κ2) is 6.41. The molecule has 0 bridgehead atoms. The van der Waals surface area contributed by atoms with Crippen molar-refractivity contribution in [1.82, 2.24) is 5.32 Å². The third-order valence-electron chi connectivity index (χ3n) is 1.82. The molecule has 0 saturated heterocycles. The molecule has 0 heterocycles. The van der Waals surface area contributed by atoms with Crippen molar-refractivity contribution in [3.05, 3.63) is 0 Å². The van der Waals surface area contributed by atoms with Gasteiger partial charge in [0.1, 0.15) is 0 Å². The van der Waals surface area contributed by atoms with Crippen molar-refractivity contribution in [3.63, 3.8) is 0 Å². The summed E-state index contributed by atoms with van der Waals surface area (Å²) >= 11 is 0. The Bertz CT molecular complexity index is 289. The summed E-state index contributed by atoms with van der Waals surface area (Å²) in [6, 6.07) is 0. The maximum Gasteiger partial charge on any atom is 0.415 e. The molecule has 0 aliphatic heterocycles. The average Bonchev–Trinajstić information content (AvgIpc) is 2.10. The van der Waals surface area contributed by atoms with E-state index in [0.29, 0.717) is 6.42 Å². The topological polar surface area (TPSA) is 66.4 Å². The van der Waals surface area contributed by atoms with Crippen LogP contribution in [0, 0.1) is 0 Å². The standard InChI is InChI=1S/C8H16F3NO3S/c1-2-4-16(14,15)5-3-12-6-7(13)8(9,10)11/h7,12-13H,2-6H2,1H3. The summed E-state index contributed by atoms with van der Waals surface area (Å²) in [4.78, 5) is 0. The van der Waals surface area contributed by atoms with E-state index in [2.05, 4.69) is 5.32 Å². The number of rotatable bonds is 7. The van der Waals surface area contributed by atoms with E-state index in [0.717, 1.165) is 0 Å². The van der Waals surface area contributed by atoms with E-state index in [9.17, 15) is 21.6 Å². The summed E-state index contributed by atoms with van der Waals surface area (Å²) in [5, 5.41) is 10.8. The molecule has 4 nitrogen and oxygen atoms in total. The van der Waals surface area contributed by atoms with Crippen LogP contribution in [0.25, 0.3) is 0 Å². The minimum atomic E-state index is -4.67. The molecule has 0 aliphatic rings. The van der Waals surface area contributed by atoms with Crippen molar-refractivity contribution in [3.8, 4) is 0 Å². The van der Waals surface area contributed by atoms with Crippen molar-refractivity contribution in [2.75, 3.05) is 24.6 Å². The van der Waals surface area contributed by atoms with Crippen LogP contribution in [-0.2, 0) is 9.84 Å². The van der Waals surface area contributed by atoms with Crippen molar-refractivity contribution < 1.29 is 26.7 Å². The summed E-state index contributed by atoms with van der Waals surface area (Å²) < 4.78 is 57.8. The Hall–Kier alpha value is -0.340. The van der Waals surface area contributed by atoms with Crippen molar-refractivity contribution in [2.45, 2.75) is 25.6 Å². The molecule has 0 aromatic rings. The summed E-state index contributed by atoms with van der Waals surface area (Å²) in [5.41, 5.74) is 0. The molecule has 0 radical (unpaired) electrons. The zero-order valence-corrected chi connectivity index (χ0v) is 9.74. The summed E-state index contributed by atoms with van der Waals surface area (Å²) in [6.07, 6.45) is -6.65. The largest absolute Gasteiger partial charge is 0.415 e.